The van der Waals surface area contributed by atoms with Crippen molar-refractivity contribution in [1.29, 1.82) is 5.41 Å². The smallest absolute Gasteiger partial charge is 0.122 e. The normalized spacial score (nSPS) is 20.8. The number of nitrogen functional groups attached to an aromatic ring is 1. The summed E-state index contributed by atoms with van der Waals surface area (Å²) in [4.78, 5) is 2.23. The maximum atomic E-state index is 7.46. The van der Waals surface area contributed by atoms with Crippen LogP contribution in [0.4, 0.5) is 5.69 Å². The Labute approximate surface area is 125 Å². The van der Waals surface area contributed by atoms with Crippen molar-refractivity contribution in [2.24, 2.45) is 5.73 Å². The lowest BCUT2D eigenvalue weighted by Crippen LogP contribution is -2.57. The summed E-state index contributed by atoms with van der Waals surface area (Å²) in [6, 6.07) is 5.50. The van der Waals surface area contributed by atoms with Crippen LogP contribution in [0.5, 0.6) is 0 Å². The van der Waals surface area contributed by atoms with Crippen molar-refractivity contribution in [1.82, 2.24) is 0 Å². The fourth-order valence-corrected chi connectivity index (χ4v) is 3.19. The SMILES string of the molecule is CC1(C)CN(c2ccc(C(=N)N)cc2Cl)CC(C)(C)O1. The van der Waals surface area contributed by atoms with Gasteiger partial charge in [-0.1, -0.05) is 11.6 Å². The highest BCUT2D eigenvalue weighted by Gasteiger charge is 2.38. The molecule has 4 nitrogen and oxygen atoms in total. The summed E-state index contributed by atoms with van der Waals surface area (Å²) >= 11 is 6.36. The maximum Gasteiger partial charge on any atom is 0.122 e. The molecule has 0 aromatic heterocycles. The number of amidine groups is 1. The van der Waals surface area contributed by atoms with Gasteiger partial charge in [-0.3, -0.25) is 5.41 Å². The summed E-state index contributed by atoms with van der Waals surface area (Å²) in [5, 5.41) is 8.08. The van der Waals surface area contributed by atoms with Gasteiger partial charge in [0.1, 0.15) is 5.84 Å². The number of hydrogen-bond donors (Lipinski definition) is 2. The van der Waals surface area contributed by atoms with Crippen LogP contribution in [0.3, 0.4) is 0 Å². The van der Waals surface area contributed by atoms with Gasteiger partial charge in [-0.2, -0.15) is 0 Å². The van der Waals surface area contributed by atoms with Crippen molar-refractivity contribution in [2.75, 3.05) is 18.0 Å². The van der Waals surface area contributed by atoms with Gasteiger partial charge in [0, 0.05) is 18.7 Å². The average Bonchev–Trinajstić information content (AvgIpc) is 2.24. The van der Waals surface area contributed by atoms with Crippen molar-refractivity contribution in [3.8, 4) is 0 Å². The number of rotatable bonds is 2. The Bertz CT molecular complexity index is 524. The van der Waals surface area contributed by atoms with E-state index in [1.54, 1.807) is 6.07 Å². The monoisotopic (exact) mass is 295 g/mol. The van der Waals surface area contributed by atoms with Crippen LogP contribution in [0.1, 0.15) is 33.3 Å². The lowest BCUT2D eigenvalue weighted by molar-refractivity contribution is -0.133. The first-order valence-corrected chi connectivity index (χ1v) is 7.07. The molecule has 1 aromatic carbocycles. The molecule has 1 saturated heterocycles. The molecular formula is C15H22ClN3O. The minimum absolute atomic E-state index is 0.0288. The van der Waals surface area contributed by atoms with E-state index in [1.807, 2.05) is 12.1 Å². The number of hydrogen-bond acceptors (Lipinski definition) is 3. The molecule has 1 aliphatic rings. The molecule has 0 atom stereocenters. The molecule has 0 amide bonds. The first kappa shape index (κ1) is 15.1. The quantitative estimate of drug-likeness (QED) is 0.651. The van der Waals surface area contributed by atoms with E-state index in [-0.39, 0.29) is 17.0 Å². The number of nitrogens with zero attached hydrogens (tertiary/aromatic N) is 1. The molecule has 1 fully saturated rings. The summed E-state index contributed by atoms with van der Waals surface area (Å²) in [5.74, 6) is 0.0288. The molecule has 0 spiro atoms. The highest BCUT2D eigenvalue weighted by molar-refractivity contribution is 6.33. The number of nitrogens with two attached hydrogens (primary N) is 1. The predicted molar refractivity (Wildman–Crippen MR) is 83.9 cm³/mol. The third kappa shape index (κ3) is 3.25. The van der Waals surface area contributed by atoms with Gasteiger partial charge in [0.25, 0.3) is 0 Å². The molecule has 2 rings (SSSR count). The zero-order chi connectivity index (χ0) is 15.1. The van der Waals surface area contributed by atoms with Gasteiger partial charge in [-0.05, 0) is 45.9 Å². The summed E-state index contributed by atoms with van der Waals surface area (Å²) in [5.41, 5.74) is 6.63. The zero-order valence-electron chi connectivity index (χ0n) is 12.5. The summed E-state index contributed by atoms with van der Waals surface area (Å²) in [6.07, 6.45) is 0. The summed E-state index contributed by atoms with van der Waals surface area (Å²) in [6.45, 7) is 9.88. The van der Waals surface area contributed by atoms with E-state index in [0.29, 0.717) is 10.6 Å². The molecule has 3 N–H and O–H groups in total. The first-order valence-electron chi connectivity index (χ1n) is 6.69. The number of benzene rings is 1. The predicted octanol–water partition coefficient (Wildman–Crippen LogP) is 3.02. The molecule has 0 saturated carbocycles. The van der Waals surface area contributed by atoms with E-state index in [0.717, 1.165) is 18.8 Å². The molecule has 5 heteroatoms. The molecule has 0 bridgehead atoms. The Morgan fingerprint density at radius 3 is 2.25 bits per heavy atom. The van der Waals surface area contributed by atoms with Crippen LogP contribution in [0, 0.1) is 5.41 Å². The van der Waals surface area contributed by atoms with Gasteiger partial charge in [0.2, 0.25) is 0 Å². The molecule has 0 aliphatic carbocycles. The molecule has 1 aromatic rings. The molecule has 1 heterocycles. The van der Waals surface area contributed by atoms with Crippen molar-refractivity contribution < 1.29 is 4.74 Å². The molecule has 1 aliphatic heterocycles. The Morgan fingerprint density at radius 2 is 1.80 bits per heavy atom. The summed E-state index contributed by atoms with van der Waals surface area (Å²) in [7, 11) is 0. The lowest BCUT2D eigenvalue weighted by atomic mass is 9.98. The minimum atomic E-state index is -0.232. The Morgan fingerprint density at radius 1 is 1.25 bits per heavy atom. The number of anilines is 1. The fourth-order valence-electron chi connectivity index (χ4n) is 2.89. The standard InChI is InChI=1S/C15H22ClN3O/c1-14(2)8-19(9-15(3,4)20-14)12-6-5-10(13(17)18)7-11(12)16/h5-7H,8-9H2,1-4H3,(H3,17,18). The van der Waals surface area contributed by atoms with Crippen LogP contribution in [-0.4, -0.2) is 30.1 Å². The molecule has 110 valence electrons. The van der Waals surface area contributed by atoms with Crippen LogP contribution in [-0.2, 0) is 4.74 Å². The Balaban J connectivity index is 2.34. The number of morpholine rings is 1. The van der Waals surface area contributed by atoms with Crippen molar-refractivity contribution in [2.45, 2.75) is 38.9 Å². The Hall–Kier alpha value is -1.26. The highest BCUT2D eigenvalue weighted by Crippen LogP contribution is 2.35. The second-order valence-corrected chi connectivity index (χ2v) is 6.96. The van der Waals surface area contributed by atoms with E-state index in [4.69, 9.17) is 27.5 Å². The number of ether oxygens (including phenoxy) is 1. The first-order chi connectivity index (χ1) is 9.10. The van der Waals surface area contributed by atoms with Gasteiger partial charge >= 0.3 is 0 Å². The number of nitrogens with one attached hydrogen (secondary N) is 1. The summed E-state index contributed by atoms with van der Waals surface area (Å²) < 4.78 is 6.08. The fraction of sp³-hybridized carbons (Fsp3) is 0.533. The molecule has 20 heavy (non-hydrogen) atoms. The maximum absolute atomic E-state index is 7.46. The van der Waals surface area contributed by atoms with E-state index in [2.05, 4.69) is 32.6 Å². The highest BCUT2D eigenvalue weighted by atomic mass is 35.5. The minimum Gasteiger partial charge on any atom is -0.384 e. The van der Waals surface area contributed by atoms with Gasteiger partial charge in [0.05, 0.1) is 21.9 Å². The van der Waals surface area contributed by atoms with Crippen molar-refractivity contribution in [3.63, 3.8) is 0 Å². The van der Waals surface area contributed by atoms with E-state index in [1.165, 1.54) is 0 Å². The second-order valence-electron chi connectivity index (χ2n) is 6.56. The topological polar surface area (TPSA) is 62.3 Å². The van der Waals surface area contributed by atoms with Crippen molar-refractivity contribution in [3.05, 3.63) is 28.8 Å². The van der Waals surface area contributed by atoms with Gasteiger partial charge in [-0.15, -0.1) is 0 Å². The zero-order valence-corrected chi connectivity index (χ0v) is 13.2. The third-order valence-electron chi connectivity index (χ3n) is 3.30. The lowest BCUT2D eigenvalue weighted by Gasteiger charge is -2.48. The second kappa shape index (κ2) is 4.93. The van der Waals surface area contributed by atoms with E-state index in [9.17, 15) is 0 Å². The number of halogens is 1. The van der Waals surface area contributed by atoms with E-state index < -0.39 is 0 Å². The Kier molecular flexibility index (Phi) is 3.73. The van der Waals surface area contributed by atoms with Crippen LogP contribution < -0.4 is 10.6 Å². The van der Waals surface area contributed by atoms with Crippen LogP contribution in [0.25, 0.3) is 0 Å². The van der Waals surface area contributed by atoms with Crippen LogP contribution >= 0.6 is 11.6 Å². The van der Waals surface area contributed by atoms with Crippen LogP contribution in [0.2, 0.25) is 5.02 Å². The van der Waals surface area contributed by atoms with Crippen LogP contribution in [0.15, 0.2) is 18.2 Å². The van der Waals surface area contributed by atoms with Gasteiger partial charge in [-0.25, -0.2) is 0 Å². The molecule has 0 radical (unpaired) electrons. The average molecular weight is 296 g/mol. The molecular weight excluding hydrogens is 274 g/mol. The van der Waals surface area contributed by atoms with Gasteiger partial charge in [0.15, 0.2) is 0 Å². The van der Waals surface area contributed by atoms with E-state index >= 15 is 0 Å². The van der Waals surface area contributed by atoms with Crippen molar-refractivity contribution >= 4 is 23.1 Å². The third-order valence-corrected chi connectivity index (χ3v) is 3.60. The largest absolute Gasteiger partial charge is 0.384 e. The molecule has 0 unspecified atom stereocenters. The van der Waals surface area contributed by atoms with Gasteiger partial charge < -0.3 is 15.4 Å².